The number of hydrogen-bond donors (Lipinski definition) is 5. The van der Waals surface area contributed by atoms with E-state index in [0.717, 1.165) is 39.3 Å². The van der Waals surface area contributed by atoms with Crippen LogP contribution in [-0.4, -0.2) is 39.9 Å². The molecule has 0 saturated carbocycles. The second-order valence-corrected chi connectivity index (χ2v) is 12.1. The number of aliphatic hydroxyl groups is 1. The first-order valence-electron chi connectivity index (χ1n) is 15.1. The average Bonchev–Trinajstić information content (AvgIpc) is 3.06. The Morgan fingerprint density at radius 3 is 2.11 bits per heavy atom. The monoisotopic (exact) mass is 635 g/mol. The summed E-state index contributed by atoms with van der Waals surface area (Å²) < 4.78 is 12.9. The number of nitrogens with one attached hydrogen (secondary N) is 3. The Kier molecular flexibility index (Phi) is 13.4. The van der Waals surface area contributed by atoms with Crippen LogP contribution in [0.2, 0.25) is 0 Å². The Morgan fingerprint density at radius 2 is 1.47 bits per heavy atom. The van der Waals surface area contributed by atoms with E-state index in [1.807, 2.05) is 72.8 Å². The van der Waals surface area contributed by atoms with Crippen LogP contribution in [-0.2, 0) is 37.0 Å². The lowest BCUT2D eigenvalue weighted by Gasteiger charge is -2.36. The normalized spacial score (nSPS) is 17.8. The van der Waals surface area contributed by atoms with Crippen LogP contribution in [0, 0.1) is 0 Å². The fourth-order valence-corrected chi connectivity index (χ4v) is 5.86. The summed E-state index contributed by atoms with van der Waals surface area (Å²) in [6.45, 7) is 1.87. The summed E-state index contributed by atoms with van der Waals surface area (Å²) in [5, 5.41) is 23.7. The standard InChI is InChI=1S/C34H41N3O7S/c1-23(39)36-28-15-17-30(18-16-28)45-22-29-19-31(26-11-9-25(21-38)10-12-26)44-34(43-29)27-13-7-24(8-14-27)20-35-32(40)5-3-2-4-6-33(41)37-42/h7-18,29,31,34,38,42H,2-6,19-22H2,1H3,(H,35,40)(H,36,39)(H,37,41)/t29-,31+,34+/m1/s1. The number of carbonyl (C=O) groups is 3. The van der Waals surface area contributed by atoms with Crippen molar-refractivity contribution >= 4 is 35.2 Å². The fraction of sp³-hybridized carbons (Fsp3) is 0.382. The Labute approximate surface area is 267 Å². The minimum atomic E-state index is -0.578. The number of aliphatic hydroxyl groups excluding tert-OH is 1. The molecule has 0 bridgehead atoms. The van der Waals surface area contributed by atoms with Gasteiger partial charge in [0.05, 0.1) is 18.8 Å². The van der Waals surface area contributed by atoms with E-state index < -0.39 is 12.2 Å². The van der Waals surface area contributed by atoms with Crippen LogP contribution in [0.15, 0.2) is 77.7 Å². The van der Waals surface area contributed by atoms with Gasteiger partial charge in [0, 0.05) is 54.6 Å². The predicted molar refractivity (Wildman–Crippen MR) is 171 cm³/mol. The van der Waals surface area contributed by atoms with E-state index in [1.165, 1.54) is 6.92 Å². The van der Waals surface area contributed by atoms with E-state index in [9.17, 15) is 19.5 Å². The van der Waals surface area contributed by atoms with Crippen molar-refractivity contribution in [2.75, 3.05) is 11.1 Å². The maximum Gasteiger partial charge on any atom is 0.243 e. The molecule has 1 heterocycles. The van der Waals surface area contributed by atoms with Gasteiger partial charge in [-0.25, -0.2) is 5.48 Å². The Bertz CT molecular complexity index is 1380. The molecule has 0 radical (unpaired) electrons. The highest BCUT2D eigenvalue weighted by molar-refractivity contribution is 7.99. The van der Waals surface area contributed by atoms with Gasteiger partial charge in [-0.3, -0.25) is 19.6 Å². The molecule has 0 unspecified atom stereocenters. The first-order valence-corrected chi connectivity index (χ1v) is 16.1. The quantitative estimate of drug-likeness (QED) is 0.0633. The summed E-state index contributed by atoms with van der Waals surface area (Å²) in [5.74, 6) is 0.136. The molecule has 4 rings (SSSR count). The Balaban J connectivity index is 1.34. The summed E-state index contributed by atoms with van der Waals surface area (Å²) in [7, 11) is 0. The minimum absolute atomic E-state index is 0.0180. The number of hydroxylamine groups is 1. The maximum atomic E-state index is 12.3. The number of unbranched alkanes of at least 4 members (excludes halogenated alkanes) is 2. The Morgan fingerprint density at radius 1 is 0.822 bits per heavy atom. The molecule has 0 spiro atoms. The van der Waals surface area contributed by atoms with Gasteiger partial charge in [0.2, 0.25) is 17.7 Å². The number of hydrogen-bond acceptors (Lipinski definition) is 8. The molecule has 240 valence electrons. The van der Waals surface area contributed by atoms with Crippen LogP contribution in [0.5, 0.6) is 0 Å². The highest BCUT2D eigenvalue weighted by atomic mass is 32.2. The molecule has 0 aromatic heterocycles. The smallest absolute Gasteiger partial charge is 0.243 e. The molecule has 11 heteroatoms. The number of rotatable bonds is 15. The highest BCUT2D eigenvalue weighted by Gasteiger charge is 2.32. The van der Waals surface area contributed by atoms with Crippen molar-refractivity contribution in [2.24, 2.45) is 0 Å². The predicted octanol–water partition coefficient (Wildman–Crippen LogP) is 5.55. The Hall–Kier alpha value is -3.74. The molecule has 5 N–H and O–H groups in total. The number of carbonyl (C=O) groups excluding carboxylic acids is 3. The van der Waals surface area contributed by atoms with Gasteiger partial charge in [-0.15, -0.1) is 11.8 Å². The van der Waals surface area contributed by atoms with Crippen molar-refractivity contribution in [3.05, 3.63) is 95.1 Å². The van der Waals surface area contributed by atoms with Crippen LogP contribution in [0.25, 0.3) is 0 Å². The number of benzene rings is 3. The lowest BCUT2D eigenvalue weighted by Crippen LogP contribution is -2.31. The molecule has 3 aromatic rings. The number of anilines is 1. The van der Waals surface area contributed by atoms with Crippen LogP contribution >= 0.6 is 11.8 Å². The minimum Gasteiger partial charge on any atom is -0.392 e. The van der Waals surface area contributed by atoms with Crippen LogP contribution in [0.3, 0.4) is 0 Å². The van der Waals surface area contributed by atoms with Gasteiger partial charge in [0.25, 0.3) is 0 Å². The second-order valence-electron chi connectivity index (χ2n) is 11.0. The third kappa shape index (κ3) is 11.3. The number of ether oxygens (including phenoxy) is 2. The lowest BCUT2D eigenvalue weighted by atomic mass is 10.0. The third-order valence-electron chi connectivity index (χ3n) is 7.40. The summed E-state index contributed by atoms with van der Waals surface area (Å²) >= 11 is 1.68. The van der Waals surface area contributed by atoms with Crippen molar-refractivity contribution in [2.45, 2.75) is 82.0 Å². The molecule has 3 aromatic carbocycles. The molecule has 10 nitrogen and oxygen atoms in total. The van der Waals surface area contributed by atoms with Gasteiger partial charge in [-0.2, -0.15) is 0 Å². The zero-order valence-electron chi connectivity index (χ0n) is 25.4. The van der Waals surface area contributed by atoms with E-state index in [1.54, 1.807) is 17.2 Å². The maximum absolute atomic E-state index is 12.3. The van der Waals surface area contributed by atoms with Crippen LogP contribution in [0.1, 0.15) is 80.1 Å². The van der Waals surface area contributed by atoms with E-state index in [4.69, 9.17) is 14.7 Å². The highest BCUT2D eigenvalue weighted by Crippen LogP contribution is 2.39. The van der Waals surface area contributed by atoms with Crippen molar-refractivity contribution in [1.82, 2.24) is 10.8 Å². The molecule has 1 saturated heterocycles. The summed E-state index contributed by atoms with van der Waals surface area (Å²) in [6, 6.07) is 23.3. The molecule has 3 amide bonds. The SMILES string of the molecule is CC(=O)Nc1ccc(SC[C@H]2C[C@@H](c3ccc(CO)cc3)O[C@@H](c3ccc(CNC(=O)CCCCCC(=O)NO)cc3)O2)cc1. The first kappa shape index (κ1) is 34.1. The number of thioether (sulfide) groups is 1. The van der Waals surface area contributed by atoms with Gasteiger partial charge in [-0.1, -0.05) is 55.0 Å². The zero-order valence-corrected chi connectivity index (χ0v) is 26.2. The van der Waals surface area contributed by atoms with Gasteiger partial charge in [0.15, 0.2) is 6.29 Å². The van der Waals surface area contributed by atoms with E-state index in [2.05, 4.69) is 10.6 Å². The molecule has 1 aliphatic heterocycles. The van der Waals surface area contributed by atoms with Gasteiger partial charge in [-0.05, 0) is 53.8 Å². The molecule has 0 aliphatic carbocycles. The van der Waals surface area contributed by atoms with Gasteiger partial charge in [0.1, 0.15) is 0 Å². The van der Waals surface area contributed by atoms with Crippen molar-refractivity contribution in [3.63, 3.8) is 0 Å². The first-order chi connectivity index (χ1) is 21.8. The van der Waals surface area contributed by atoms with Crippen LogP contribution < -0.4 is 16.1 Å². The summed E-state index contributed by atoms with van der Waals surface area (Å²) in [5.41, 5.74) is 6.05. The molecule has 3 atom stereocenters. The topological polar surface area (TPSA) is 146 Å². The lowest BCUT2D eigenvalue weighted by molar-refractivity contribution is -0.245. The third-order valence-corrected chi connectivity index (χ3v) is 8.54. The van der Waals surface area contributed by atoms with E-state index in [-0.39, 0.29) is 37.0 Å². The molecule has 1 fully saturated rings. The summed E-state index contributed by atoms with van der Waals surface area (Å²) in [6.07, 6.45) is 2.44. The van der Waals surface area contributed by atoms with Crippen molar-refractivity contribution in [3.8, 4) is 0 Å². The molecular weight excluding hydrogens is 594 g/mol. The van der Waals surface area contributed by atoms with E-state index >= 15 is 0 Å². The van der Waals surface area contributed by atoms with Gasteiger partial charge < -0.3 is 25.2 Å². The van der Waals surface area contributed by atoms with Crippen molar-refractivity contribution < 1.29 is 34.2 Å². The van der Waals surface area contributed by atoms with Crippen LogP contribution in [0.4, 0.5) is 5.69 Å². The average molecular weight is 636 g/mol. The molecular formula is C34H41N3O7S. The largest absolute Gasteiger partial charge is 0.392 e. The van der Waals surface area contributed by atoms with Crippen molar-refractivity contribution in [1.29, 1.82) is 0 Å². The molecule has 1 aliphatic rings. The number of amides is 3. The summed E-state index contributed by atoms with van der Waals surface area (Å²) in [4.78, 5) is 35.7. The zero-order chi connectivity index (χ0) is 32.0. The van der Waals surface area contributed by atoms with E-state index in [0.29, 0.717) is 38.0 Å². The molecule has 45 heavy (non-hydrogen) atoms. The second kappa shape index (κ2) is 17.7. The van der Waals surface area contributed by atoms with Gasteiger partial charge >= 0.3 is 0 Å². The fourth-order valence-electron chi connectivity index (χ4n) is 4.94.